The van der Waals surface area contributed by atoms with Crippen LogP contribution in [0.2, 0.25) is 0 Å². The Bertz CT molecular complexity index is 1660. The molecule has 5 N–H and O–H groups in total. The van der Waals surface area contributed by atoms with Gasteiger partial charge in [0.25, 0.3) is 5.91 Å². The van der Waals surface area contributed by atoms with Crippen LogP contribution in [0.4, 0.5) is 11.4 Å². The van der Waals surface area contributed by atoms with Gasteiger partial charge < -0.3 is 30.9 Å². The highest BCUT2D eigenvalue weighted by atomic mass is 32.2. The first-order chi connectivity index (χ1) is 23.0. The molecule has 0 radical (unpaired) electrons. The number of unbranched alkanes of at least 4 members (excludes halogenated alkanes) is 2. The van der Waals surface area contributed by atoms with Crippen molar-refractivity contribution in [3.8, 4) is 5.75 Å². The van der Waals surface area contributed by atoms with Gasteiger partial charge in [-0.15, -0.1) is 11.8 Å². The molecule has 0 unspecified atom stereocenters. The van der Waals surface area contributed by atoms with Crippen LogP contribution >= 0.6 is 11.8 Å². The number of aliphatic carboxylic acids is 1. The van der Waals surface area contributed by atoms with Crippen molar-refractivity contribution in [3.63, 3.8) is 0 Å². The molecule has 1 aliphatic heterocycles. The minimum atomic E-state index is -3.79. The SMILES string of the molecule is CCCCC1(CCCC)CN(c2ccccc2)c2cc(SC)c(OCC(=O)N[C@@H](C(=O)NCC(=O)O)c3ccccc3)cc2S(=O)(=O)C1.O. The number of ether oxygens (including phenoxy) is 1. The van der Waals surface area contributed by atoms with E-state index in [-0.39, 0.29) is 21.9 Å². The number of benzene rings is 3. The fourth-order valence-corrected chi connectivity index (χ4v) is 8.80. The van der Waals surface area contributed by atoms with Crippen LogP contribution in [0.3, 0.4) is 0 Å². The lowest BCUT2D eigenvalue weighted by molar-refractivity contribution is -0.138. The standard InChI is InChI=1S/C36H45N3O7S2.H2O/c1-4-6-18-36(19-7-5-2)24-39(27-16-12-9-13-17-27)28-20-30(47-3)29(21-31(28)48(44,45)25-36)46-23-32(40)38-34(26-14-10-8-11-15-26)35(43)37-22-33(41)42;/h8-17,20-21,34H,4-7,18-19,22-25H2,1-3H3,(H,37,43)(H,38,40)(H,41,42);1H2/t34-;/m1./s1. The van der Waals surface area contributed by atoms with Crippen molar-refractivity contribution in [2.24, 2.45) is 5.41 Å². The molecule has 0 fully saturated rings. The van der Waals surface area contributed by atoms with Crippen LogP contribution in [0.5, 0.6) is 5.75 Å². The number of nitrogens with one attached hydrogen (secondary N) is 2. The molecule has 0 saturated heterocycles. The number of carboxylic acid groups (broad SMARTS) is 1. The Morgan fingerprint density at radius 3 is 2.16 bits per heavy atom. The smallest absolute Gasteiger partial charge is 0.322 e. The van der Waals surface area contributed by atoms with Gasteiger partial charge in [0.2, 0.25) is 5.91 Å². The van der Waals surface area contributed by atoms with E-state index in [4.69, 9.17) is 9.84 Å². The van der Waals surface area contributed by atoms with Crippen LogP contribution in [0.1, 0.15) is 64.0 Å². The number of nitrogens with zero attached hydrogens (tertiary/aromatic N) is 1. The summed E-state index contributed by atoms with van der Waals surface area (Å²) in [7, 11) is -3.79. The van der Waals surface area contributed by atoms with E-state index in [1.807, 2.05) is 42.7 Å². The topological polar surface area (TPSA) is 174 Å². The quantitative estimate of drug-likeness (QED) is 0.166. The minimum absolute atomic E-state index is 0. The first-order valence-corrected chi connectivity index (χ1v) is 19.1. The molecule has 266 valence electrons. The van der Waals surface area contributed by atoms with Crippen LogP contribution in [0, 0.1) is 5.41 Å². The maximum Gasteiger partial charge on any atom is 0.322 e. The number of fused-ring (bicyclic) bond motifs is 1. The largest absolute Gasteiger partial charge is 0.483 e. The number of rotatable bonds is 16. The first kappa shape index (κ1) is 39.4. The molecule has 1 heterocycles. The number of thioether (sulfide) groups is 1. The van der Waals surface area contributed by atoms with Crippen molar-refractivity contribution in [1.82, 2.24) is 10.6 Å². The third-order valence-corrected chi connectivity index (χ3v) is 11.3. The summed E-state index contributed by atoms with van der Waals surface area (Å²) in [6, 6.07) is 20.5. The summed E-state index contributed by atoms with van der Waals surface area (Å²) in [5.74, 6) is -2.28. The summed E-state index contributed by atoms with van der Waals surface area (Å²) >= 11 is 1.38. The van der Waals surface area contributed by atoms with Crippen molar-refractivity contribution in [2.45, 2.75) is 68.2 Å². The van der Waals surface area contributed by atoms with Crippen molar-refractivity contribution in [1.29, 1.82) is 0 Å². The van der Waals surface area contributed by atoms with Gasteiger partial charge in [0.05, 0.1) is 21.2 Å². The molecule has 0 aromatic heterocycles. The van der Waals surface area contributed by atoms with E-state index in [0.29, 0.717) is 22.7 Å². The van der Waals surface area contributed by atoms with Crippen LogP contribution in [-0.4, -0.2) is 68.5 Å². The van der Waals surface area contributed by atoms with Crippen molar-refractivity contribution in [3.05, 3.63) is 78.4 Å². The van der Waals surface area contributed by atoms with Crippen molar-refractivity contribution >= 4 is 50.8 Å². The molecule has 13 heteroatoms. The van der Waals surface area contributed by atoms with Crippen LogP contribution in [-0.2, 0) is 24.2 Å². The van der Waals surface area contributed by atoms with Gasteiger partial charge in [0.15, 0.2) is 16.4 Å². The Balaban J connectivity index is 0.00000650. The number of carbonyl (C=O) groups is 3. The Morgan fingerprint density at radius 1 is 0.980 bits per heavy atom. The lowest BCUT2D eigenvalue weighted by Gasteiger charge is -2.37. The zero-order chi connectivity index (χ0) is 34.7. The van der Waals surface area contributed by atoms with Crippen LogP contribution in [0.25, 0.3) is 0 Å². The minimum Gasteiger partial charge on any atom is -0.483 e. The van der Waals surface area contributed by atoms with Crippen molar-refractivity contribution < 1.29 is 38.1 Å². The number of hydrogen-bond acceptors (Lipinski definition) is 8. The summed E-state index contributed by atoms with van der Waals surface area (Å²) in [6.07, 6.45) is 7.23. The average molecular weight is 714 g/mol. The number of para-hydroxylation sites is 1. The fraction of sp³-hybridized carbons (Fsp3) is 0.417. The summed E-state index contributed by atoms with van der Waals surface area (Å²) in [5.41, 5.74) is 1.50. The first-order valence-electron chi connectivity index (χ1n) is 16.3. The second-order valence-electron chi connectivity index (χ2n) is 12.2. The van der Waals surface area contributed by atoms with Crippen LogP contribution < -0.4 is 20.3 Å². The predicted octanol–water partition coefficient (Wildman–Crippen LogP) is 5.31. The molecule has 1 atom stereocenters. The van der Waals surface area contributed by atoms with Crippen LogP contribution in [0.15, 0.2) is 82.6 Å². The van der Waals surface area contributed by atoms with Gasteiger partial charge in [-0.1, -0.05) is 88.1 Å². The van der Waals surface area contributed by atoms with Gasteiger partial charge in [0.1, 0.15) is 18.3 Å². The van der Waals surface area contributed by atoms with E-state index >= 15 is 0 Å². The normalized spacial score (nSPS) is 15.1. The molecule has 4 rings (SSSR count). The number of hydrogen-bond donors (Lipinski definition) is 3. The van der Waals surface area contributed by atoms with E-state index < -0.39 is 52.2 Å². The predicted molar refractivity (Wildman–Crippen MR) is 192 cm³/mol. The summed E-state index contributed by atoms with van der Waals surface area (Å²) < 4.78 is 34.7. The molecule has 0 aliphatic carbocycles. The fourth-order valence-electron chi connectivity index (χ4n) is 6.14. The number of carbonyl (C=O) groups excluding carboxylic acids is 2. The monoisotopic (exact) mass is 713 g/mol. The average Bonchev–Trinajstić information content (AvgIpc) is 3.18. The molecule has 0 spiro atoms. The molecule has 49 heavy (non-hydrogen) atoms. The highest BCUT2D eigenvalue weighted by Crippen LogP contribution is 2.47. The van der Waals surface area contributed by atoms with Gasteiger partial charge in [-0.05, 0) is 42.9 Å². The highest BCUT2D eigenvalue weighted by Gasteiger charge is 2.42. The van der Waals surface area contributed by atoms with E-state index in [1.165, 1.54) is 17.8 Å². The number of carboxylic acids is 1. The Hall–Kier alpha value is -4.07. The molecular formula is C36H47N3O8S2. The number of amides is 2. The molecule has 0 bridgehead atoms. The highest BCUT2D eigenvalue weighted by molar-refractivity contribution is 7.98. The lowest BCUT2D eigenvalue weighted by atomic mass is 9.79. The van der Waals surface area contributed by atoms with Gasteiger partial charge in [0, 0.05) is 23.7 Å². The Labute approximate surface area is 293 Å². The maximum atomic E-state index is 14.3. The molecule has 11 nitrogen and oxygen atoms in total. The molecule has 3 aromatic carbocycles. The lowest BCUT2D eigenvalue weighted by Crippen LogP contribution is -2.43. The van der Waals surface area contributed by atoms with Gasteiger partial charge >= 0.3 is 5.97 Å². The van der Waals surface area contributed by atoms with E-state index in [1.54, 1.807) is 30.3 Å². The summed E-state index contributed by atoms with van der Waals surface area (Å²) in [5, 5.41) is 13.9. The zero-order valence-electron chi connectivity index (χ0n) is 28.2. The zero-order valence-corrected chi connectivity index (χ0v) is 29.9. The third kappa shape index (κ3) is 10.2. The Kier molecular flexibility index (Phi) is 14.5. The molecule has 0 saturated carbocycles. The summed E-state index contributed by atoms with van der Waals surface area (Å²) in [6.45, 7) is 3.70. The van der Waals surface area contributed by atoms with E-state index in [9.17, 15) is 22.8 Å². The molecular weight excluding hydrogens is 667 g/mol. The Morgan fingerprint density at radius 2 is 1.59 bits per heavy atom. The van der Waals surface area contributed by atoms with E-state index in [2.05, 4.69) is 29.4 Å². The number of sulfone groups is 1. The van der Waals surface area contributed by atoms with Crippen molar-refractivity contribution in [2.75, 3.05) is 36.6 Å². The maximum absolute atomic E-state index is 14.3. The third-order valence-electron chi connectivity index (χ3n) is 8.52. The van der Waals surface area contributed by atoms with Gasteiger partial charge in [-0.2, -0.15) is 0 Å². The number of anilines is 2. The molecule has 2 amide bonds. The molecule has 3 aromatic rings. The van der Waals surface area contributed by atoms with Gasteiger partial charge in [-0.3, -0.25) is 14.4 Å². The van der Waals surface area contributed by atoms with Gasteiger partial charge in [-0.25, -0.2) is 8.42 Å². The second-order valence-corrected chi connectivity index (χ2v) is 15.0. The molecule has 1 aliphatic rings. The summed E-state index contributed by atoms with van der Waals surface area (Å²) in [4.78, 5) is 40.0. The van der Waals surface area contributed by atoms with E-state index in [0.717, 1.165) is 44.2 Å². The second kappa shape index (κ2) is 18.1.